The Morgan fingerprint density at radius 1 is 1.23 bits per heavy atom. The molecule has 1 aromatic carbocycles. The monoisotopic (exact) mass is 399 g/mol. The van der Waals surface area contributed by atoms with E-state index in [-0.39, 0.29) is 11.9 Å². The SMILES string of the molecule is CC(C)n1ncc2c(C(=O)NCCc3cccc4cccnc34)cc(C3CC3)nc21. The fourth-order valence-electron chi connectivity index (χ4n) is 3.97. The minimum atomic E-state index is -0.0687. The van der Waals surface area contributed by atoms with Gasteiger partial charge in [0.1, 0.15) is 0 Å². The fraction of sp³-hybridized carbons (Fsp3) is 0.333. The van der Waals surface area contributed by atoms with E-state index in [4.69, 9.17) is 4.98 Å². The average Bonchev–Trinajstić information content (AvgIpc) is 3.51. The summed E-state index contributed by atoms with van der Waals surface area (Å²) in [6, 6.07) is 12.3. The molecule has 1 fully saturated rings. The Hall–Kier alpha value is -3.28. The number of aromatic nitrogens is 4. The number of pyridine rings is 2. The molecule has 4 aromatic rings. The van der Waals surface area contributed by atoms with Crippen LogP contribution in [0.2, 0.25) is 0 Å². The minimum absolute atomic E-state index is 0.0687. The van der Waals surface area contributed by atoms with E-state index in [0.717, 1.165) is 52.5 Å². The molecule has 0 unspecified atom stereocenters. The maximum atomic E-state index is 13.1. The highest BCUT2D eigenvalue weighted by Gasteiger charge is 2.28. The van der Waals surface area contributed by atoms with Gasteiger partial charge in [0, 0.05) is 35.8 Å². The van der Waals surface area contributed by atoms with Gasteiger partial charge in [0.25, 0.3) is 5.91 Å². The summed E-state index contributed by atoms with van der Waals surface area (Å²) < 4.78 is 1.90. The van der Waals surface area contributed by atoms with Gasteiger partial charge in [-0.2, -0.15) is 5.10 Å². The lowest BCUT2D eigenvalue weighted by atomic mass is 10.1. The maximum absolute atomic E-state index is 13.1. The van der Waals surface area contributed by atoms with Crippen LogP contribution in [0.3, 0.4) is 0 Å². The van der Waals surface area contributed by atoms with Gasteiger partial charge in [-0.15, -0.1) is 0 Å². The number of hydrogen-bond donors (Lipinski definition) is 1. The van der Waals surface area contributed by atoms with E-state index >= 15 is 0 Å². The highest BCUT2D eigenvalue weighted by atomic mass is 16.1. The molecule has 5 rings (SSSR count). The first kappa shape index (κ1) is 18.7. The molecule has 1 aliphatic carbocycles. The Bertz CT molecular complexity index is 1230. The molecule has 6 nitrogen and oxygen atoms in total. The average molecular weight is 399 g/mol. The summed E-state index contributed by atoms with van der Waals surface area (Å²) >= 11 is 0. The van der Waals surface area contributed by atoms with Crippen LogP contribution >= 0.6 is 0 Å². The summed E-state index contributed by atoms with van der Waals surface area (Å²) in [6.07, 6.45) is 6.59. The number of nitrogens with one attached hydrogen (secondary N) is 1. The Morgan fingerprint density at radius 2 is 2.07 bits per heavy atom. The van der Waals surface area contributed by atoms with E-state index in [1.54, 1.807) is 6.20 Å². The van der Waals surface area contributed by atoms with Crippen molar-refractivity contribution in [1.82, 2.24) is 25.1 Å². The van der Waals surface area contributed by atoms with E-state index in [1.807, 2.05) is 29.1 Å². The molecule has 1 saturated carbocycles. The summed E-state index contributed by atoms with van der Waals surface area (Å²) in [7, 11) is 0. The zero-order valence-corrected chi connectivity index (χ0v) is 17.3. The molecule has 152 valence electrons. The summed E-state index contributed by atoms with van der Waals surface area (Å²) in [5.74, 6) is 0.402. The lowest BCUT2D eigenvalue weighted by Gasteiger charge is -2.11. The number of rotatable bonds is 6. The fourth-order valence-corrected chi connectivity index (χ4v) is 3.97. The van der Waals surface area contributed by atoms with E-state index in [1.165, 1.54) is 0 Å². The highest BCUT2D eigenvalue weighted by Crippen LogP contribution is 2.40. The Kier molecular flexibility index (Phi) is 4.69. The molecular weight excluding hydrogens is 374 g/mol. The molecule has 0 radical (unpaired) electrons. The number of carbonyl (C=O) groups excluding carboxylic acids is 1. The topological polar surface area (TPSA) is 72.7 Å². The first-order chi connectivity index (χ1) is 14.6. The number of nitrogens with zero attached hydrogens (tertiary/aromatic N) is 4. The minimum Gasteiger partial charge on any atom is -0.352 e. The molecule has 30 heavy (non-hydrogen) atoms. The molecule has 3 heterocycles. The molecule has 0 atom stereocenters. The predicted molar refractivity (Wildman–Crippen MR) is 118 cm³/mol. The Labute approximate surface area is 175 Å². The second-order valence-corrected chi connectivity index (χ2v) is 8.29. The quantitative estimate of drug-likeness (QED) is 0.521. The van der Waals surface area contributed by atoms with Crippen LogP contribution in [0.4, 0.5) is 0 Å². The number of amides is 1. The summed E-state index contributed by atoms with van der Waals surface area (Å²) in [6.45, 7) is 4.71. The molecule has 0 spiro atoms. The zero-order chi connectivity index (χ0) is 20.7. The molecule has 6 heteroatoms. The third-order valence-electron chi connectivity index (χ3n) is 5.71. The van der Waals surface area contributed by atoms with Gasteiger partial charge in [-0.25, -0.2) is 9.67 Å². The van der Waals surface area contributed by atoms with Gasteiger partial charge in [0.2, 0.25) is 0 Å². The lowest BCUT2D eigenvalue weighted by Crippen LogP contribution is -2.26. The molecule has 0 aliphatic heterocycles. The highest BCUT2D eigenvalue weighted by molar-refractivity contribution is 6.05. The largest absolute Gasteiger partial charge is 0.352 e. The van der Waals surface area contributed by atoms with Crippen LogP contribution in [-0.2, 0) is 6.42 Å². The lowest BCUT2D eigenvalue weighted by molar-refractivity contribution is 0.0955. The van der Waals surface area contributed by atoms with E-state index in [2.05, 4.69) is 47.4 Å². The van der Waals surface area contributed by atoms with Crippen molar-refractivity contribution in [2.45, 2.75) is 45.1 Å². The zero-order valence-electron chi connectivity index (χ0n) is 17.3. The van der Waals surface area contributed by atoms with Crippen molar-refractivity contribution in [1.29, 1.82) is 0 Å². The second kappa shape index (κ2) is 7.52. The van der Waals surface area contributed by atoms with Crippen LogP contribution in [0.1, 0.15) is 60.3 Å². The summed E-state index contributed by atoms with van der Waals surface area (Å²) in [5, 5.41) is 9.52. The van der Waals surface area contributed by atoms with Gasteiger partial charge >= 0.3 is 0 Å². The van der Waals surface area contributed by atoms with E-state index < -0.39 is 0 Å². The molecule has 3 aromatic heterocycles. The third-order valence-corrected chi connectivity index (χ3v) is 5.71. The van der Waals surface area contributed by atoms with Crippen LogP contribution < -0.4 is 5.32 Å². The standard InChI is InChI=1S/C24H25N5O/c1-15(2)29-23-20(14-27-29)19(13-21(28-23)16-8-9-16)24(30)26-12-10-18-6-3-5-17-7-4-11-25-22(17)18/h3-7,11,13-16H,8-10,12H2,1-2H3,(H,26,30). The number of benzene rings is 1. The number of carbonyl (C=O) groups is 1. The van der Waals surface area contributed by atoms with Gasteiger partial charge in [-0.05, 0) is 50.8 Å². The Morgan fingerprint density at radius 3 is 2.87 bits per heavy atom. The number of fused-ring (bicyclic) bond motifs is 2. The molecular formula is C24H25N5O. The number of para-hydroxylation sites is 1. The summed E-state index contributed by atoms with van der Waals surface area (Å²) in [5.41, 5.74) is 4.62. The van der Waals surface area contributed by atoms with E-state index in [0.29, 0.717) is 18.0 Å². The van der Waals surface area contributed by atoms with Gasteiger partial charge in [-0.1, -0.05) is 24.3 Å². The van der Waals surface area contributed by atoms with Crippen molar-refractivity contribution in [3.8, 4) is 0 Å². The van der Waals surface area contributed by atoms with Crippen molar-refractivity contribution in [2.24, 2.45) is 0 Å². The predicted octanol–water partition coefficient (Wildman–Crippen LogP) is 4.41. The van der Waals surface area contributed by atoms with Crippen molar-refractivity contribution in [2.75, 3.05) is 6.54 Å². The van der Waals surface area contributed by atoms with Crippen LogP contribution in [0.25, 0.3) is 21.9 Å². The number of hydrogen-bond acceptors (Lipinski definition) is 4. The molecule has 1 amide bonds. The van der Waals surface area contributed by atoms with Crippen LogP contribution in [-0.4, -0.2) is 32.2 Å². The van der Waals surface area contributed by atoms with Crippen molar-refractivity contribution >= 4 is 27.8 Å². The second-order valence-electron chi connectivity index (χ2n) is 8.29. The van der Waals surface area contributed by atoms with Crippen LogP contribution in [0, 0.1) is 0 Å². The summed E-state index contributed by atoms with van der Waals surface area (Å²) in [4.78, 5) is 22.4. The molecule has 0 bridgehead atoms. The maximum Gasteiger partial charge on any atom is 0.252 e. The van der Waals surface area contributed by atoms with Gasteiger partial charge in [-0.3, -0.25) is 9.78 Å². The smallest absolute Gasteiger partial charge is 0.252 e. The molecule has 1 aliphatic rings. The van der Waals surface area contributed by atoms with Crippen molar-refractivity contribution in [3.63, 3.8) is 0 Å². The Balaban J connectivity index is 1.39. The first-order valence-corrected chi connectivity index (χ1v) is 10.6. The van der Waals surface area contributed by atoms with Crippen LogP contribution in [0.15, 0.2) is 48.8 Å². The van der Waals surface area contributed by atoms with Crippen molar-refractivity contribution in [3.05, 3.63) is 65.6 Å². The first-order valence-electron chi connectivity index (χ1n) is 10.6. The van der Waals surface area contributed by atoms with E-state index in [9.17, 15) is 4.79 Å². The normalized spacial score (nSPS) is 14.0. The van der Waals surface area contributed by atoms with Gasteiger partial charge in [0.15, 0.2) is 5.65 Å². The molecule has 0 saturated heterocycles. The van der Waals surface area contributed by atoms with Crippen LogP contribution in [0.5, 0.6) is 0 Å². The molecule has 1 N–H and O–H groups in total. The van der Waals surface area contributed by atoms with Gasteiger partial charge < -0.3 is 5.32 Å². The third kappa shape index (κ3) is 3.43. The van der Waals surface area contributed by atoms with Gasteiger partial charge in [0.05, 0.1) is 22.7 Å². The van der Waals surface area contributed by atoms with Crippen molar-refractivity contribution < 1.29 is 4.79 Å².